The van der Waals surface area contributed by atoms with Gasteiger partial charge in [-0.3, -0.25) is 19.7 Å². The number of benzene rings is 2. The van der Waals surface area contributed by atoms with Gasteiger partial charge in [0.05, 0.1) is 4.92 Å². The third-order valence-corrected chi connectivity index (χ3v) is 3.52. The molecule has 1 amide bonds. The van der Waals surface area contributed by atoms with Crippen LogP contribution < -0.4 is 5.32 Å². The molecule has 2 rings (SSSR count). The van der Waals surface area contributed by atoms with Gasteiger partial charge in [-0.2, -0.15) is 13.2 Å². The molecule has 0 radical (unpaired) electrons. The second kappa shape index (κ2) is 7.81. The number of amides is 1. The third-order valence-electron chi connectivity index (χ3n) is 3.52. The SMILES string of the molecule is Cc1ccc(C(=O)/C=C/c2cccc(NC(=O)C(F)(F)F)c2)cc1[N+](=O)[O-]. The molecular weight excluding hydrogens is 365 g/mol. The lowest BCUT2D eigenvalue weighted by molar-refractivity contribution is -0.385. The van der Waals surface area contributed by atoms with Crippen molar-refractivity contribution < 1.29 is 27.7 Å². The smallest absolute Gasteiger partial charge is 0.318 e. The highest BCUT2D eigenvalue weighted by Gasteiger charge is 2.38. The Bertz CT molecular complexity index is 936. The first-order valence-corrected chi connectivity index (χ1v) is 7.53. The van der Waals surface area contributed by atoms with Crippen LogP contribution in [0.25, 0.3) is 6.08 Å². The minimum atomic E-state index is -5.01. The van der Waals surface area contributed by atoms with Crippen molar-refractivity contribution in [2.24, 2.45) is 0 Å². The van der Waals surface area contributed by atoms with Crippen molar-refractivity contribution in [3.63, 3.8) is 0 Å². The zero-order chi connectivity index (χ0) is 20.2. The number of carbonyl (C=O) groups is 2. The van der Waals surface area contributed by atoms with Gasteiger partial charge in [0, 0.05) is 22.9 Å². The maximum absolute atomic E-state index is 12.3. The van der Waals surface area contributed by atoms with Crippen molar-refractivity contribution in [1.82, 2.24) is 0 Å². The molecule has 140 valence electrons. The number of anilines is 1. The Labute approximate surface area is 151 Å². The topological polar surface area (TPSA) is 89.3 Å². The number of carbonyl (C=O) groups excluding carboxylic acids is 2. The van der Waals surface area contributed by atoms with E-state index in [2.05, 4.69) is 0 Å². The Morgan fingerprint density at radius 2 is 1.85 bits per heavy atom. The standard InChI is InChI=1S/C18H13F3N2O4/c1-11-5-7-13(10-15(11)23(26)27)16(24)8-6-12-3-2-4-14(9-12)22-17(25)18(19,20)21/h2-10H,1H3,(H,22,25)/b8-6+. The summed E-state index contributed by atoms with van der Waals surface area (Å²) in [5.41, 5.74) is 0.604. The van der Waals surface area contributed by atoms with E-state index in [0.717, 1.165) is 12.1 Å². The number of nitrogens with one attached hydrogen (secondary N) is 1. The number of rotatable bonds is 5. The second-order valence-corrected chi connectivity index (χ2v) is 5.53. The van der Waals surface area contributed by atoms with Gasteiger partial charge < -0.3 is 5.32 Å². The fraction of sp³-hybridized carbons (Fsp3) is 0.111. The molecule has 0 unspecified atom stereocenters. The third kappa shape index (κ3) is 5.24. The molecule has 0 heterocycles. The Kier molecular flexibility index (Phi) is 5.74. The van der Waals surface area contributed by atoms with Gasteiger partial charge in [0.25, 0.3) is 5.69 Å². The molecule has 2 aromatic carbocycles. The first-order chi connectivity index (χ1) is 12.6. The highest BCUT2D eigenvalue weighted by Crippen LogP contribution is 2.21. The van der Waals surface area contributed by atoms with Crippen LogP contribution in [0.15, 0.2) is 48.5 Å². The van der Waals surface area contributed by atoms with E-state index in [1.165, 1.54) is 42.5 Å². The summed E-state index contributed by atoms with van der Waals surface area (Å²) in [7, 11) is 0. The lowest BCUT2D eigenvalue weighted by Crippen LogP contribution is -2.29. The van der Waals surface area contributed by atoms with E-state index in [4.69, 9.17) is 0 Å². The summed E-state index contributed by atoms with van der Waals surface area (Å²) in [5, 5.41) is 12.6. The largest absolute Gasteiger partial charge is 0.471 e. The molecule has 0 saturated carbocycles. The second-order valence-electron chi connectivity index (χ2n) is 5.53. The predicted molar refractivity (Wildman–Crippen MR) is 92.3 cm³/mol. The number of nitro groups is 1. The van der Waals surface area contributed by atoms with Crippen molar-refractivity contribution in [1.29, 1.82) is 0 Å². The molecule has 0 aliphatic carbocycles. The molecule has 0 saturated heterocycles. The van der Waals surface area contributed by atoms with Gasteiger partial charge in [0.2, 0.25) is 0 Å². The molecule has 0 fully saturated rings. The number of halogens is 3. The molecule has 0 spiro atoms. The Morgan fingerprint density at radius 3 is 2.48 bits per heavy atom. The van der Waals surface area contributed by atoms with Crippen LogP contribution in [0.1, 0.15) is 21.5 Å². The van der Waals surface area contributed by atoms with Crippen LogP contribution in [0.3, 0.4) is 0 Å². The lowest BCUT2D eigenvalue weighted by atomic mass is 10.1. The fourth-order valence-electron chi connectivity index (χ4n) is 2.15. The number of hydrogen-bond donors (Lipinski definition) is 1. The zero-order valence-corrected chi connectivity index (χ0v) is 13.9. The van der Waals surface area contributed by atoms with Crippen LogP contribution in [0, 0.1) is 17.0 Å². The monoisotopic (exact) mass is 378 g/mol. The van der Waals surface area contributed by atoms with E-state index in [-0.39, 0.29) is 16.9 Å². The average Bonchev–Trinajstić information content (AvgIpc) is 2.59. The Hall–Kier alpha value is -3.49. The van der Waals surface area contributed by atoms with Gasteiger partial charge in [-0.15, -0.1) is 0 Å². The number of alkyl halides is 3. The molecule has 0 aromatic heterocycles. The molecule has 6 nitrogen and oxygen atoms in total. The van der Waals surface area contributed by atoms with E-state index in [0.29, 0.717) is 11.1 Å². The number of nitrogens with zero attached hydrogens (tertiary/aromatic N) is 1. The summed E-state index contributed by atoms with van der Waals surface area (Å²) >= 11 is 0. The van der Waals surface area contributed by atoms with Gasteiger partial charge >= 0.3 is 12.1 Å². The minimum Gasteiger partial charge on any atom is -0.318 e. The molecular formula is C18H13F3N2O4. The Morgan fingerprint density at radius 1 is 1.15 bits per heavy atom. The first-order valence-electron chi connectivity index (χ1n) is 7.53. The molecule has 9 heteroatoms. The molecule has 0 bridgehead atoms. The molecule has 2 aromatic rings. The highest BCUT2D eigenvalue weighted by atomic mass is 19.4. The number of hydrogen-bond acceptors (Lipinski definition) is 4. The molecule has 0 atom stereocenters. The quantitative estimate of drug-likeness (QED) is 0.364. The molecule has 0 aliphatic rings. The highest BCUT2D eigenvalue weighted by molar-refractivity contribution is 6.07. The number of ketones is 1. The van der Waals surface area contributed by atoms with Gasteiger partial charge in [-0.25, -0.2) is 0 Å². The van der Waals surface area contributed by atoms with Gasteiger partial charge in [-0.05, 0) is 30.7 Å². The van der Waals surface area contributed by atoms with Gasteiger partial charge in [0.1, 0.15) is 0 Å². The predicted octanol–water partition coefficient (Wildman–Crippen LogP) is 4.30. The van der Waals surface area contributed by atoms with Gasteiger partial charge in [-0.1, -0.05) is 30.3 Å². The lowest BCUT2D eigenvalue weighted by Gasteiger charge is -2.08. The summed E-state index contributed by atoms with van der Waals surface area (Å²) in [6, 6.07) is 9.50. The van der Waals surface area contributed by atoms with Crippen molar-refractivity contribution >= 4 is 29.1 Å². The summed E-state index contributed by atoms with van der Waals surface area (Å²) in [4.78, 5) is 33.5. The number of aryl methyl sites for hydroxylation is 1. The Balaban J connectivity index is 2.17. The molecule has 0 aliphatic heterocycles. The minimum absolute atomic E-state index is 0.0853. The zero-order valence-electron chi connectivity index (χ0n) is 13.9. The van der Waals surface area contributed by atoms with Crippen LogP contribution in [-0.2, 0) is 4.79 Å². The number of allylic oxidation sites excluding steroid dienone is 1. The van der Waals surface area contributed by atoms with Crippen LogP contribution in [-0.4, -0.2) is 22.8 Å². The van der Waals surface area contributed by atoms with Gasteiger partial charge in [0.15, 0.2) is 5.78 Å². The van der Waals surface area contributed by atoms with Crippen molar-refractivity contribution in [3.05, 3.63) is 75.3 Å². The van der Waals surface area contributed by atoms with Crippen LogP contribution in [0.4, 0.5) is 24.5 Å². The summed E-state index contributed by atoms with van der Waals surface area (Å²) in [5.74, 6) is -2.62. The van der Waals surface area contributed by atoms with E-state index >= 15 is 0 Å². The normalized spacial score (nSPS) is 11.4. The number of nitro benzene ring substituents is 1. The molecule has 27 heavy (non-hydrogen) atoms. The maximum Gasteiger partial charge on any atom is 0.471 e. The first kappa shape index (κ1) is 19.8. The summed E-state index contributed by atoms with van der Waals surface area (Å²) in [6.07, 6.45) is -2.54. The van der Waals surface area contributed by atoms with Crippen LogP contribution >= 0.6 is 0 Å². The molecule has 1 N–H and O–H groups in total. The van der Waals surface area contributed by atoms with E-state index in [1.807, 2.05) is 0 Å². The summed E-state index contributed by atoms with van der Waals surface area (Å²) in [6.45, 7) is 1.54. The van der Waals surface area contributed by atoms with Crippen molar-refractivity contribution in [3.8, 4) is 0 Å². The fourth-order valence-corrected chi connectivity index (χ4v) is 2.15. The van der Waals surface area contributed by atoms with Crippen molar-refractivity contribution in [2.45, 2.75) is 13.1 Å². The van der Waals surface area contributed by atoms with E-state index in [1.54, 1.807) is 12.2 Å². The maximum atomic E-state index is 12.3. The van der Waals surface area contributed by atoms with Crippen LogP contribution in [0.5, 0.6) is 0 Å². The van der Waals surface area contributed by atoms with E-state index < -0.39 is 22.8 Å². The average molecular weight is 378 g/mol. The van der Waals surface area contributed by atoms with Crippen molar-refractivity contribution in [2.75, 3.05) is 5.32 Å². The summed E-state index contributed by atoms with van der Waals surface area (Å²) < 4.78 is 36.8. The van der Waals surface area contributed by atoms with E-state index in [9.17, 15) is 32.9 Å². The van der Waals surface area contributed by atoms with Crippen LogP contribution in [0.2, 0.25) is 0 Å².